The first kappa shape index (κ1) is 28.7. The van der Waals surface area contributed by atoms with Gasteiger partial charge in [-0.05, 0) is 44.2 Å². The third-order valence-electron chi connectivity index (χ3n) is 5.76. The number of fused-ring (bicyclic) bond motifs is 2. The Morgan fingerprint density at radius 2 is 1.84 bits per heavy atom. The number of aromatic nitrogens is 1. The molecule has 0 amide bonds. The molecule has 0 spiro atoms. The molecular formula is C23H25Cl2N2O6S4+. The van der Waals surface area contributed by atoms with Gasteiger partial charge in [0.1, 0.15) is 4.70 Å². The Kier molecular flexibility index (Phi) is 8.83. The van der Waals surface area contributed by atoms with Gasteiger partial charge in [0.15, 0.2) is 16.6 Å². The minimum atomic E-state index is -4.16. The van der Waals surface area contributed by atoms with Crippen molar-refractivity contribution in [2.75, 3.05) is 18.1 Å². The fourth-order valence-corrected chi connectivity index (χ4v) is 7.18. The predicted molar refractivity (Wildman–Crippen MR) is 154 cm³/mol. The molecule has 1 aliphatic heterocycles. The van der Waals surface area contributed by atoms with E-state index in [0.29, 0.717) is 23.1 Å². The van der Waals surface area contributed by atoms with Crippen LogP contribution in [0.3, 0.4) is 0 Å². The summed E-state index contributed by atoms with van der Waals surface area (Å²) in [7, 11) is -7.63. The highest BCUT2D eigenvalue weighted by Gasteiger charge is 2.29. The van der Waals surface area contributed by atoms with Crippen LogP contribution in [-0.2, 0) is 30.9 Å². The van der Waals surface area contributed by atoms with Gasteiger partial charge in [-0.25, -0.2) is 4.21 Å². The van der Waals surface area contributed by atoms with Gasteiger partial charge in [-0.15, -0.1) is 0 Å². The fraction of sp³-hybridized carbons (Fsp3) is 0.304. The van der Waals surface area contributed by atoms with E-state index in [0.717, 1.165) is 36.2 Å². The van der Waals surface area contributed by atoms with Gasteiger partial charge >= 0.3 is 0 Å². The third-order valence-corrected chi connectivity index (χ3v) is 10.8. The minimum absolute atomic E-state index is 0.00255. The molecule has 2 atom stereocenters. The Morgan fingerprint density at radius 3 is 2.54 bits per heavy atom. The molecule has 37 heavy (non-hydrogen) atoms. The molecule has 0 aliphatic carbocycles. The van der Waals surface area contributed by atoms with E-state index in [1.807, 2.05) is 39.8 Å². The summed E-state index contributed by atoms with van der Waals surface area (Å²) in [6.07, 6.45) is 2.19. The Balaban J connectivity index is 1.74. The van der Waals surface area contributed by atoms with Crippen molar-refractivity contribution in [3.8, 4) is 0 Å². The molecular weight excluding hydrogens is 599 g/mol. The lowest BCUT2D eigenvalue weighted by Crippen LogP contribution is -2.37. The minimum Gasteiger partial charge on any atom is -0.332 e. The van der Waals surface area contributed by atoms with Crippen LogP contribution in [0.25, 0.3) is 16.3 Å². The molecule has 0 bridgehead atoms. The molecule has 200 valence electrons. The van der Waals surface area contributed by atoms with Crippen LogP contribution in [0.2, 0.25) is 10.0 Å². The van der Waals surface area contributed by atoms with Crippen molar-refractivity contribution in [2.45, 2.75) is 37.0 Å². The number of nitrogens with zero attached hydrogens (tertiary/aromatic N) is 2. The largest absolute Gasteiger partial charge is 0.332 e. The Morgan fingerprint density at radius 1 is 1.14 bits per heavy atom. The maximum atomic E-state index is 11.9. The average Bonchev–Trinajstić information content (AvgIpc) is 3.33. The van der Waals surface area contributed by atoms with Crippen LogP contribution in [0.4, 0.5) is 5.69 Å². The maximum Gasteiger partial charge on any atom is 0.267 e. The van der Waals surface area contributed by atoms with Gasteiger partial charge in [0, 0.05) is 39.3 Å². The van der Waals surface area contributed by atoms with Gasteiger partial charge in [0.2, 0.25) is 5.52 Å². The zero-order valence-electron chi connectivity index (χ0n) is 19.8. The standard InChI is InChI=1S/C23H24Cl2N2O6S4/c1-3-36(28,29)33-11-10-27-19-13-17(25)5-7-21(19)35-23(27)14-22-26(9-8-15(2)37(30,31)32)18-12-16(24)4-6-20(18)34-22/h3-7,12-15H,8-11H2,1-2H3,(H-,28,29,30,31,32)/p+1. The van der Waals surface area contributed by atoms with Crippen LogP contribution in [0, 0.1) is 0 Å². The number of benzene rings is 2. The number of thiazole rings is 1. The molecule has 2 heterocycles. The molecule has 3 aromatic rings. The summed E-state index contributed by atoms with van der Waals surface area (Å²) in [5.74, 6) is 0. The zero-order chi connectivity index (χ0) is 27.0. The van der Waals surface area contributed by atoms with Gasteiger partial charge < -0.3 is 4.90 Å². The third kappa shape index (κ3) is 6.81. The highest BCUT2D eigenvalue weighted by molar-refractivity contribution is 8.04. The SMILES string of the molecule is CC=S(=O)(O)OCCN1C(=Cc2sc3ccc(Cl)cc3[n+]2CCC(C)S(=O)(=O)O)Sc2ccc(Cl)cc21. The lowest BCUT2D eigenvalue weighted by atomic mass is 10.3. The van der Waals surface area contributed by atoms with Crippen molar-refractivity contribution in [3.63, 3.8) is 0 Å². The lowest BCUT2D eigenvalue weighted by molar-refractivity contribution is -0.669. The highest BCUT2D eigenvalue weighted by atomic mass is 35.5. The summed E-state index contributed by atoms with van der Waals surface area (Å²) >= 11 is 15.6. The van der Waals surface area contributed by atoms with Crippen LogP contribution in [0.15, 0.2) is 46.3 Å². The van der Waals surface area contributed by atoms with E-state index in [2.05, 4.69) is 0 Å². The number of halogens is 2. The Labute approximate surface area is 234 Å². The van der Waals surface area contributed by atoms with Gasteiger partial charge in [-0.3, -0.25) is 13.3 Å². The monoisotopic (exact) mass is 623 g/mol. The van der Waals surface area contributed by atoms with Crippen LogP contribution < -0.4 is 9.47 Å². The number of thioether (sulfide) groups is 1. The Hall–Kier alpha value is -1.35. The number of rotatable bonds is 9. The second-order valence-corrected chi connectivity index (χ2v) is 14.8. The average molecular weight is 625 g/mol. The molecule has 4 rings (SSSR count). The molecule has 2 unspecified atom stereocenters. The lowest BCUT2D eigenvalue weighted by Gasteiger charge is -2.20. The smallest absolute Gasteiger partial charge is 0.267 e. The summed E-state index contributed by atoms with van der Waals surface area (Å²) in [6, 6.07) is 11.1. The molecule has 14 heteroatoms. The van der Waals surface area contributed by atoms with Gasteiger partial charge in [0.05, 0.1) is 28.6 Å². The van der Waals surface area contributed by atoms with Crippen LogP contribution in [0.5, 0.6) is 0 Å². The molecule has 8 nitrogen and oxygen atoms in total. The first-order valence-corrected chi connectivity index (χ1v) is 16.5. The number of anilines is 1. The van der Waals surface area contributed by atoms with Gasteiger partial charge in [-0.1, -0.05) is 46.3 Å². The van der Waals surface area contributed by atoms with E-state index < -0.39 is 25.5 Å². The summed E-state index contributed by atoms with van der Waals surface area (Å²) in [5, 5.41) is 2.99. The van der Waals surface area contributed by atoms with E-state index in [-0.39, 0.29) is 13.0 Å². The summed E-state index contributed by atoms with van der Waals surface area (Å²) in [4.78, 5) is 2.94. The molecule has 0 radical (unpaired) electrons. The Bertz CT molecular complexity index is 1600. The maximum absolute atomic E-state index is 11.9. The van der Waals surface area contributed by atoms with Crippen molar-refractivity contribution in [3.05, 3.63) is 56.5 Å². The molecule has 0 saturated heterocycles. The van der Waals surface area contributed by atoms with E-state index in [9.17, 15) is 21.7 Å². The van der Waals surface area contributed by atoms with Crippen molar-refractivity contribution < 1.29 is 30.5 Å². The highest BCUT2D eigenvalue weighted by Crippen LogP contribution is 2.47. The van der Waals surface area contributed by atoms with Crippen molar-refractivity contribution in [1.82, 2.24) is 0 Å². The second-order valence-electron chi connectivity index (χ2n) is 8.24. The van der Waals surface area contributed by atoms with Crippen LogP contribution in [0.1, 0.15) is 25.3 Å². The predicted octanol–water partition coefficient (Wildman–Crippen LogP) is 5.58. The van der Waals surface area contributed by atoms with E-state index >= 15 is 0 Å². The molecule has 2 N–H and O–H groups in total. The first-order chi connectivity index (χ1) is 17.4. The quantitative estimate of drug-likeness (QED) is 0.181. The number of hydrogen-bond acceptors (Lipinski definition) is 7. The normalized spacial score (nSPS) is 17.2. The second kappa shape index (κ2) is 11.4. The van der Waals surface area contributed by atoms with Crippen molar-refractivity contribution in [2.24, 2.45) is 0 Å². The van der Waals surface area contributed by atoms with Crippen molar-refractivity contribution >= 4 is 93.8 Å². The summed E-state index contributed by atoms with van der Waals surface area (Å²) in [6.45, 7) is 3.57. The molecule has 0 saturated carbocycles. The van der Waals surface area contributed by atoms with Gasteiger partial charge in [0.25, 0.3) is 15.1 Å². The van der Waals surface area contributed by atoms with Crippen LogP contribution >= 0.6 is 46.3 Å². The van der Waals surface area contributed by atoms with Crippen molar-refractivity contribution in [1.29, 1.82) is 0 Å². The van der Waals surface area contributed by atoms with Gasteiger partial charge in [-0.2, -0.15) is 13.0 Å². The summed E-state index contributed by atoms with van der Waals surface area (Å²) < 4.78 is 62.5. The first-order valence-electron chi connectivity index (χ1n) is 11.1. The van der Waals surface area contributed by atoms with E-state index in [4.69, 9.17) is 27.4 Å². The molecule has 0 fully saturated rings. The summed E-state index contributed by atoms with van der Waals surface area (Å²) in [5.41, 5.74) is 1.71. The van der Waals surface area contributed by atoms with E-state index in [1.54, 1.807) is 12.1 Å². The number of aryl methyl sites for hydroxylation is 1. The van der Waals surface area contributed by atoms with E-state index in [1.165, 1.54) is 36.9 Å². The molecule has 2 aromatic carbocycles. The zero-order valence-corrected chi connectivity index (χ0v) is 24.6. The molecule has 1 aliphatic rings. The topological polar surface area (TPSA) is 108 Å². The van der Waals surface area contributed by atoms with Crippen LogP contribution in [-0.4, -0.2) is 45.5 Å². The molecule has 1 aromatic heterocycles. The number of hydrogen-bond donors (Lipinski definition) is 2. The fourth-order valence-electron chi connectivity index (χ4n) is 3.71.